The van der Waals surface area contributed by atoms with Gasteiger partial charge in [0.15, 0.2) is 11.5 Å². The number of rotatable bonds is 6. The first-order valence-corrected chi connectivity index (χ1v) is 6.10. The Kier molecular flexibility index (Phi) is 5.62. The van der Waals surface area contributed by atoms with E-state index in [9.17, 15) is 0 Å². The monoisotopic (exact) mass is 295 g/mol. The second-order valence-corrected chi connectivity index (χ2v) is 4.14. The third-order valence-electron chi connectivity index (χ3n) is 2.77. The van der Waals surface area contributed by atoms with Gasteiger partial charge in [0, 0.05) is 2.74 Å². The fraction of sp³-hybridized carbons (Fsp3) is 0.250. The Balaban J connectivity index is 0.00000242. The molecule has 108 valence electrons. The number of halogens is 1. The predicted octanol–water partition coefficient (Wildman–Crippen LogP) is 3.20. The van der Waals surface area contributed by atoms with Crippen LogP contribution in [0.1, 0.15) is 13.9 Å². The Bertz CT molecular complexity index is 588. The normalized spacial score (nSPS) is 11.9. The van der Waals surface area contributed by atoms with Gasteiger partial charge in [-0.05, 0) is 36.2 Å². The zero-order valence-electron chi connectivity index (χ0n) is 13.3. The molecular formula is C16H20ClNO2. The summed E-state index contributed by atoms with van der Waals surface area (Å²) in [6.45, 7) is -1.29. The molecule has 0 saturated heterocycles. The lowest BCUT2D eigenvalue weighted by Crippen LogP contribution is -2.03. The van der Waals surface area contributed by atoms with Crippen molar-refractivity contribution in [3.8, 4) is 11.5 Å². The summed E-state index contributed by atoms with van der Waals surface area (Å²) in [5.74, 6) is 1.20. The van der Waals surface area contributed by atoms with Crippen LogP contribution in [0.3, 0.4) is 0 Å². The molecule has 0 heterocycles. The van der Waals surface area contributed by atoms with Gasteiger partial charge in [0.25, 0.3) is 0 Å². The molecule has 0 fully saturated rings. The molecule has 0 atom stereocenters. The molecule has 0 aliphatic carbocycles. The largest absolute Gasteiger partial charge is 0.493 e. The molecule has 0 aliphatic heterocycles. The van der Waals surface area contributed by atoms with E-state index >= 15 is 0 Å². The SMILES string of the molecule is Cl.[2H]C([2H])(N)Cc1ccc(OCc2ccccc2)c(OC)c1. The summed E-state index contributed by atoms with van der Waals surface area (Å²) < 4.78 is 25.9. The van der Waals surface area contributed by atoms with Crippen molar-refractivity contribution in [3.63, 3.8) is 0 Å². The van der Waals surface area contributed by atoms with Gasteiger partial charge < -0.3 is 15.2 Å². The van der Waals surface area contributed by atoms with Gasteiger partial charge in [-0.3, -0.25) is 0 Å². The Hall–Kier alpha value is -1.71. The summed E-state index contributed by atoms with van der Waals surface area (Å²) >= 11 is 0. The van der Waals surface area contributed by atoms with Crippen LogP contribution in [0.5, 0.6) is 11.5 Å². The highest BCUT2D eigenvalue weighted by molar-refractivity contribution is 5.85. The summed E-state index contributed by atoms with van der Waals surface area (Å²) in [5.41, 5.74) is 7.23. The van der Waals surface area contributed by atoms with Gasteiger partial charge in [-0.2, -0.15) is 0 Å². The maximum Gasteiger partial charge on any atom is 0.161 e. The molecule has 0 amide bonds. The number of benzene rings is 2. The second kappa shape index (κ2) is 8.46. The van der Waals surface area contributed by atoms with Crippen LogP contribution in [0.2, 0.25) is 0 Å². The molecule has 0 bridgehead atoms. The number of methoxy groups -OCH3 is 1. The van der Waals surface area contributed by atoms with Crippen molar-refractivity contribution >= 4 is 12.4 Å². The van der Waals surface area contributed by atoms with Crippen LogP contribution >= 0.6 is 12.4 Å². The fourth-order valence-corrected chi connectivity index (χ4v) is 1.79. The van der Waals surface area contributed by atoms with Crippen molar-refractivity contribution in [2.75, 3.05) is 13.6 Å². The lowest BCUT2D eigenvalue weighted by Gasteiger charge is -2.12. The van der Waals surface area contributed by atoms with Crippen molar-refractivity contribution < 1.29 is 12.2 Å². The van der Waals surface area contributed by atoms with Gasteiger partial charge in [0.1, 0.15) is 6.61 Å². The average molecular weight is 296 g/mol. The van der Waals surface area contributed by atoms with Crippen molar-refractivity contribution in [3.05, 3.63) is 59.7 Å². The number of hydrogen-bond acceptors (Lipinski definition) is 3. The minimum atomic E-state index is -1.74. The van der Waals surface area contributed by atoms with Crippen LogP contribution in [-0.4, -0.2) is 13.6 Å². The molecule has 20 heavy (non-hydrogen) atoms. The highest BCUT2D eigenvalue weighted by atomic mass is 35.5. The number of nitrogens with two attached hydrogens (primary N) is 1. The first kappa shape index (κ1) is 13.3. The van der Waals surface area contributed by atoms with E-state index in [1.165, 1.54) is 0 Å². The van der Waals surface area contributed by atoms with Gasteiger partial charge in [-0.15, -0.1) is 12.4 Å². The minimum Gasteiger partial charge on any atom is -0.493 e. The van der Waals surface area contributed by atoms with E-state index in [-0.39, 0.29) is 18.8 Å². The molecule has 0 spiro atoms. The Morgan fingerprint density at radius 1 is 1.05 bits per heavy atom. The molecule has 2 aromatic carbocycles. The molecule has 0 aromatic heterocycles. The van der Waals surface area contributed by atoms with Crippen molar-refractivity contribution in [1.29, 1.82) is 0 Å². The van der Waals surface area contributed by atoms with Gasteiger partial charge in [-0.1, -0.05) is 36.4 Å². The molecule has 0 aliphatic rings. The minimum absolute atomic E-state index is 0. The van der Waals surface area contributed by atoms with Gasteiger partial charge >= 0.3 is 0 Å². The lowest BCUT2D eigenvalue weighted by molar-refractivity contribution is 0.284. The van der Waals surface area contributed by atoms with Crippen LogP contribution in [0, 0.1) is 0 Å². The Labute approximate surface area is 128 Å². The summed E-state index contributed by atoms with van der Waals surface area (Å²) in [7, 11) is 1.56. The molecule has 0 unspecified atom stereocenters. The highest BCUT2D eigenvalue weighted by Crippen LogP contribution is 2.28. The van der Waals surface area contributed by atoms with E-state index < -0.39 is 6.50 Å². The number of ether oxygens (including phenoxy) is 2. The zero-order valence-corrected chi connectivity index (χ0v) is 12.2. The quantitative estimate of drug-likeness (QED) is 0.890. The van der Waals surface area contributed by atoms with Crippen LogP contribution in [-0.2, 0) is 13.0 Å². The smallest absolute Gasteiger partial charge is 0.161 e. The topological polar surface area (TPSA) is 44.5 Å². The van der Waals surface area contributed by atoms with E-state index in [0.717, 1.165) is 11.1 Å². The van der Waals surface area contributed by atoms with Gasteiger partial charge in [0.2, 0.25) is 0 Å². The van der Waals surface area contributed by atoms with E-state index in [2.05, 4.69) is 0 Å². The first-order valence-electron chi connectivity index (χ1n) is 7.10. The van der Waals surface area contributed by atoms with Crippen LogP contribution in [0.15, 0.2) is 48.5 Å². The lowest BCUT2D eigenvalue weighted by atomic mass is 10.1. The second-order valence-electron chi connectivity index (χ2n) is 4.14. The van der Waals surface area contributed by atoms with Crippen LogP contribution < -0.4 is 15.2 Å². The zero-order chi connectivity index (χ0) is 15.3. The molecule has 0 saturated carbocycles. The standard InChI is InChI=1S/C16H19NO2.ClH/c1-18-16-11-13(9-10-17)7-8-15(16)19-12-14-5-3-2-4-6-14;/h2-8,11H,9-10,12,17H2,1H3;1H/i10D2;. The molecule has 2 rings (SSSR count). The van der Waals surface area contributed by atoms with E-state index in [4.69, 9.17) is 17.9 Å². The van der Waals surface area contributed by atoms with Crippen LogP contribution in [0.4, 0.5) is 0 Å². The van der Waals surface area contributed by atoms with Crippen molar-refractivity contribution in [2.24, 2.45) is 5.73 Å². The number of hydrogen-bond donors (Lipinski definition) is 1. The summed E-state index contributed by atoms with van der Waals surface area (Å²) in [6, 6.07) is 15.2. The summed E-state index contributed by atoms with van der Waals surface area (Å²) in [5, 5.41) is 0. The highest BCUT2D eigenvalue weighted by Gasteiger charge is 2.05. The predicted molar refractivity (Wildman–Crippen MR) is 83.8 cm³/mol. The average Bonchev–Trinajstić information content (AvgIpc) is 2.45. The Morgan fingerprint density at radius 3 is 2.45 bits per heavy atom. The van der Waals surface area contributed by atoms with Crippen molar-refractivity contribution in [1.82, 2.24) is 0 Å². The Morgan fingerprint density at radius 2 is 1.80 bits per heavy atom. The summed E-state index contributed by atoms with van der Waals surface area (Å²) in [6.07, 6.45) is 0.127. The fourth-order valence-electron chi connectivity index (χ4n) is 1.79. The number of aryl methyl sites for hydroxylation is 1. The van der Waals surface area contributed by atoms with Gasteiger partial charge in [0.05, 0.1) is 7.11 Å². The molecular weight excluding hydrogens is 274 g/mol. The third-order valence-corrected chi connectivity index (χ3v) is 2.77. The van der Waals surface area contributed by atoms with E-state index in [0.29, 0.717) is 18.1 Å². The van der Waals surface area contributed by atoms with E-state index in [1.54, 1.807) is 25.3 Å². The van der Waals surface area contributed by atoms with Crippen molar-refractivity contribution in [2.45, 2.75) is 13.0 Å². The third kappa shape index (κ3) is 4.44. The first-order chi connectivity index (χ1) is 9.98. The molecule has 2 aromatic rings. The summed E-state index contributed by atoms with van der Waals surface area (Å²) in [4.78, 5) is 0. The van der Waals surface area contributed by atoms with E-state index in [1.807, 2.05) is 30.3 Å². The van der Waals surface area contributed by atoms with Gasteiger partial charge in [-0.25, -0.2) is 0 Å². The molecule has 3 nitrogen and oxygen atoms in total. The maximum atomic E-state index is 7.42. The maximum absolute atomic E-state index is 7.42. The molecule has 4 heteroatoms. The molecule has 2 N–H and O–H groups in total. The molecule has 0 radical (unpaired) electrons. The van der Waals surface area contributed by atoms with Crippen LogP contribution in [0.25, 0.3) is 0 Å².